The highest BCUT2D eigenvalue weighted by atomic mass is 19.3. The summed E-state index contributed by atoms with van der Waals surface area (Å²) in [5, 5.41) is 0. The first kappa shape index (κ1) is 11.3. The lowest BCUT2D eigenvalue weighted by Gasteiger charge is -2.39. The van der Waals surface area contributed by atoms with Gasteiger partial charge in [0.05, 0.1) is 0 Å². The van der Waals surface area contributed by atoms with E-state index in [1.54, 1.807) is 0 Å². The van der Waals surface area contributed by atoms with Gasteiger partial charge in [-0.1, -0.05) is 6.42 Å². The van der Waals surface area contributed by atoms with Crippen LogP contribution in [0.2, 0.25) is 0 Å². The third-order valence-corrected chi connectivity index (χ3v) is 4.09. The Morgan fingerprint density at radius 1 is 0.867 bits per heavy atom. The van der Waals surface area contributed by atoms with E-state index in [9.17, 15) is 13.2 Å². The molecule has 3 heteroatoms. The highest BCUT2D eigenvalue weighted by Gasteiger charge is 2.45. The lowest BCUT2D eigenvalue weighted by atomic mass is 9.71. The summed E-state index contributed by atoms with van der Waals surface area (Å²) in [5.74, 6) is -2.86. The van der Waals surface area contributed by atoms with Crippen LogP contribution >= 0.6 is 0 Å². The van der Waals surface area contributed by atoms with E-state index >= 15 is 0 Å². The summed E-state index contributed by atoms with van der Waals surface area (Å²) < 4.78 is 40.2. The van der Waals surface area contributed by atoms with Gasteiger partial charge >= 0.3 is 0 Å². The summed E-state index contributed by atoms with van der Waals surface area (Å²) in [6.07, 6.45) is 3.87. The Morgan fingerprint density at radius 3 is 2.13 bits per heavy atom. The molecule has 15 heavy (non-hydrogen) atoms. The van der Waals surface area contributed by atoms with Crippen molar-refractivity contribution < 1.29 is 13.2 Å². The first-order valence-corrected chi connectivity index (χ1v) is 6.11. The minimum absolute atomic E-state index is 0.0488. The predicted octanol–water partition coefficient (Wildman–Crippen LogP) is 4.34. The van der Waals surface area contributed by atoms with Gasteiger partial charge in [-0.15, -0.1) is 0 Å². The molecule has 0 nitrogen and oxygen atoms in total. The highest BCUT2D eigenvalue weighted by molar-refractivity contribution is 4.88. The van der Waals surface area contributed by atoms with Crippen LogP contribution in [0.15, 0.2) is 0 Å². The Hall–Kier alpha value is -0.210. The van der Waals surface area contributed by atoms with Crippen LogP contribution in [-0.2, 0) is 0 Å². The molecule has 0 aliphatic heterocycles. The highest BCUT2D eigenvalue weighted by Crippen LogP contribution is 2.46. The summed E-state index contributed by atoms with van der Waals surface area (Å²) in [6.45, 7) is 0. The van der Waals surface area contributed by atoms with E-state index in [1.165, 1.54) is 0 Å². The summed E-state index contributed by atoms with van der Waals surface area (Å²) in [6, 6.07) is 0. The second kappa shape index (κ2) is 4.34. The smallest absolute Gasteiger partial charge is 0.247 e. The molecule has 2 aliphatic rings. The van der Waals surface area contributed by atoms with Gasteiger partial charge in [-0.25, -0.2) is 13.2 Å². The van der Waals surface area contributed by atoms with Crippen molar-refractivity contribution in [1.29, 1.82) is 0 Å². The number of halogens is 3. The summed E-state index contributed by atoms with van der Waals surface area (Å²) >= 11 is 0. The molecule has 0 aromatic rings. The van der Waals surface area contributed by atoms with Crippen LogP contribution in [0.25, 0.3) is 0 Å². The molecule has 2 aliphatic carbocycles. The Kier molecular flexibility index (Phi) is 3.27. The van der Waals surface area contributed by atoms with Crippen molar-refractivity contribution in [3.05, 3.63) is 0 Å². The average Bonchev–Trinajstić information content (AvgIpc) is 2.19. The van der Waals surface area contributed by atoms with E-state index in [1.807, 2.05) is 0 Å². The van der Waals surface area contributed by atoms with Gasteiger partial charge in [0.2, 0.25) is 0 Å². The van der Waals surface area contributed by atoms with Crippen molar-refractivity contribution in [2.75, 3.05) is 0 Å². The monoisotopic (exact) mass is 220 g/mol. The van der Waals surface area contributed by atoms with Crippen molar-refractivity contribution >= 4 is 0 Å². The van der Waals surface area contributed by atoms with Gasteiger partial charge in [-0.2, -0.15) is 0 Å². The molecule has 88 valence electrons. The van der Waals surface area contributed by atoms with Gasteiger partial charge in [0.25, 0.3) is 5.92 Å². The quantitative estimate of drug-likeness (QED) is 0.616. The van der Waals surface area contributed by atoms with Crippen molar-refractivity contribution in [3.63, 3.8) is 0 Å². The van der Waals surface area contributed by atoms with Gasteiger partial charge in [0.15, 0.2) is 0 Å². The summed E-state index contributed by atoms with van der Waals surface area (Å²) in [4.78, 5) is 0. The SMILES string of the molecule is FC1CCC(C2CCCCC2(F)F)CC1. The Bertz CT molecular complexity index is 207. The summed E-state index contributed by atoms with van der Waals surface area (Å²) in [5.41, 5.74) is 0. The fraction of sp³-hybridized carbons (Fsp3) is 1.00. The second-order valence-corrected chi connectivity index (χ2v) is 5.13. The van der Waals surface area contributed by atoms with E-state index in [0.717, 1.165) is 6.42 Å². The third kappa shape index (κ3) is 2.48. The molecule has 0 N–H and O–H groups in total. The van der Waals surface area contributed by atoms with Crippen LogP contribution in [0.1, 0.15) is 51.4 Å². The standard InChI is InChI=1S/C12H19F3/c13-10-6-4-9(5-7-10)11-3-1-2-8-12(11,14)15/h9-11H,1-8H2. The van der Waals surface area contributed by atoms with Crippen molar-refractivity contribution in [3.8, 4) is 0 Å². The van der Waals surface area contributed by atoms with Crippen molar-refractivity contribution in [2.45, 2.75) is 63.5 Å². The number of hydrogen-bond donors (Lipinski definition) is 0. The van der Waals surface area contributed by atoms with Gasteiger partial charge < -0.3 is 0 Å². The fourth-order valence-corrected chi connectivity index (χ4v) is 3.18. The van der Waals surface area contributed by atoms with Crippen LogP contribution in [0.5, 0.6) is 0 Å². The third-order valence-electron chi connectivity index (χ3n) is 4.09. The maximum atomic E-state index is 13.7. The van der Waals surface area contributed by atoms with Crippen LogP contribution < -0.4 is 0 Å². The molecule has 0 bridgehead atoms. The van der Waals surface area contributed by atoms with Gasteiger partial charge in [0.1, 0.15) is 6.17 Å². The molecule has 2 rings (SSSR count). The molecular weight excluding hydrogens is 201 g/mol. The zero-order valence-corrected chi connectivity index (χ0v) is 9.02. The molecule has 0 heterocycles. The number of alkyl halides is 3. The largest absolute Gasteiger partial charge is 0.251 e. The van der Waals surface area contributed by atoms with Crippen LogP contribution in [0.3, 0.4) is 0 Å². The summed E-state index contributed by atoms with van der Waals surface area (Å²) in [7, 11) is 0. The molecule has 2 saturated carbocycles. The zero-order valence-electron chi connectivity index (χ0n) is 9.02. The van der Waals surface area contributed by atoms with Crippen LogP contribution in [0, 0.1) is 11.8 Å². The number of rotatable bonds is 1. The average molecular weight is 220 g/mol. The minimum Gasteiger partial charge on any atom is -0.247 e. The lowest BCUT2D eigenvalue weighted by molar-refractivity contribution is -0.113. The molecule has 0 saturated heterocycles. The van der Waals surface area contributed by atoms with E-state index in [0.29, 0.717) is 38.5 Å². The van der Waals surface area contributed by atoms with Crippen LogP contribution in [-0.4, -0.2) is 12.1 Å². The molecule has 0 radical (unpaired) electrons. The molecule has 0 spiro atoms. The second-order valence-electron chi connectivity index (χ2n) is 5.13. The van der Waals surface area contributed by atoms with E-state index in [4.69, 9.17) is 0 Å². The Morgan fingerprint density at radius 2 is 1.53 bits per heavy atom. The van der Waals surface area contributed by atoms with E-state index in [2.05, 4.69) is 0 Å². The first-order valence-electron chi connectivity index (χ1n) is 6.11. The molecule has 0 amide bonds. The number of hydrogen-bond acceptors (Lipinski definition) is 0. The maximum Gasteiger partial charge on any atom is 0.251 e. The molecule has 1 atom stereocenters. The fourth-order valence-electron chi connectivity index (χ4n) is 3.18. The van der Waals surface area contributed by atoms with Gasteiger partial charge in [-0.05, 0) is 44.4 Å². The van der Waals surface area contributed by atoms with E-state index < -0.39 is 18.0 Å². The Balaban J connectivity index is 1.96. The first-order chi connectivity index (χ1) is 7.09. The molecule has 2 fully saturated rings. The predicted molar refractivity (Wildman–Crippen MR) is 53.8 cm³/mol. The minimum atomic E-state index is -2.48. The van der Waals surface area contributed by atoms with Gasteiger partial charge in [-0.3, -0.25) is 0 Å². The maximum absolute atomic E-state index is 13.7. The van der Waals surface area contributed by atoms with Crippen LogP contribution in [0.4, 0.5) is 13.2 Å². The molecule has 0 aromatic heterocycles. The van der Waals surface area contributed by atoms with Crippen molar-refractivity contribution in [2.24, 2.45) is 11.8 Å². The molecule has 1 unspecified atom stereocenters. The topological polar surface area (TPSA) is 0 Å². The molecule has 0 aromatic carbocycles. The van der Waals surface area contributed by atoms with Crippen molar-refractivity contribution in [1.82, 2.24) is 0 Å². The normalized spacial score (nSPS) is 41.4. The Labute approximate surface area is 89.2 Å². The van der Waals surface area contributed by atoms with Gasteiger partial charge in [0, 0.05) is 12.3 Å². The zero-order chi connectivity index (χ0) is 10.9. The molecular formula is C12H19F3. The van der Waals surface area contributed by atoms with E-state index in [-0.39, 0.29) is 12.3 Å². The lowest BCUT2D eigenvalue weighted by Crippen LogP contribution is -2.38.